The Hall–Kier alpha value is -3.07. The van der Waals surface area contributed by atoms with Crippen molar-refractivity contribution in [1.82, 2.24) is 4.47 Å². The van der Waals surface area contributed by atoms with Crippen molar-refractivity contribution in [2.45, 2.75) is 11.1 Å². The van der Waals surface area contributed by atoms with Crippen LogP contribution in [0.15, 0.2) is 33.1 Å². The Balaban J connectivity index is 3.35. The Bertz CT molecular complexity index is 859. The third-order valence-corrected chi connectivity index (χ3v) is 4.13. The summed E-state index contributed by atoms with van der Waals surface area (Å²) in [5.41, 5.74) is 20.7. The first-order valence-corrected chi connectivity index (χ1v) is 7.80. The first kappa shape index (κ1) is 21.0. The molecule has 0 saturated heterocycles. The number of carbonyl (C=O) groups is 1. The van der Waals surface area contributed by atoms with Crippen molar-refractivity contribution in [3.8, 4) is 0 Å². The maximum Gasteiger partial charge on any atom is 0.492 e. The van der Waals surface area contributed by atoms with Gasteiger partial charge in [-0.3, -0.25) is 0 Å². The molecule has 144 valence electrons. The third kappa shape index (κ3) is 5.21. The average molecular weight is 397 g/mol. The van der Waals surface area contributed by atoms with Gasteiger partial charge in [0.25, 0.3) is 10.0 Å². The van der Waals surface area contributed by atoms with E-state index in [0.717, 1.165) is 18.2 Å². The minimum absolute atomic E-state index is 0.0210. The van der Waals surface area contributed by atoms with Gasteiger partial charge in [-0.1, -0.05) is 0 Å². The van der Waals surface area contributed by atoms with Crippen molar-refractivity contribution in [1.29, 1.82) is 0 Å². The number of hydrogen-bond donors (Lipinski definition) is 4. The molecule has 11 nitrogen and oxygen atoms in total. The minimum atomic E-state index is -5.38. The Morgan fingerprint density at radius 2 is 1.58 bits per heavy atom. The van der Waals surface area contributed by atoms with Gasteiger partial charge in [0.2, 0.25) is 0 Å². The lowest BCUT2D eigenvalue weighted by Gasteiger charge is -2.17. The van der Waals surface area contributed by atoms with Gasteiger partial charge in [-0.2, -0.15) is 13.2 Å². The van der Waals surface area contributed by atoms with Crippen molar-refractivity contribution in [3.05, 3.63) is 18.2 Å². The fourth-order valence-corrected chi connectivity index (χ4v) is 2.46. The number of rotatable bonds is 5. The lowest BCUT2D eigenvalue weighted by molar-refractivity contribution is -0.219. The lowest BCUT2D eigenvalue weighted by Crippen LogP contribution is -2.36. The fraction of sp³-hybridized carbons (Fsp3) is 0.182. The Morgan fingerprint density at radius 3 is 2.04 bits per heavy atom. The van der Waals surface area contributed by atoms with Crippen LogP contribution < -0.4 is 22.9 Å². The lowest BCUT2D eigenvalue weighted by atomic mass is 10.3. The van der Waals surface area contributed by atoms with E-state index in [2.05, 4.69) is 14.8 Å². The molecule has 0 aromatic heterocycles. The molecule has 0 heterocycles. The molecule has 15 heteroatoms. The summed E-state index contributed by atoms with van der Waals surface area (Å²) >= 11 is 0. The van der Waals surface area contributed by atoms with Crippen LogP contribution in [0.1, 0.15) is 0 Å². The number of sulfonamides is 1. The first-order valence-electron chi connectivity index (χ1n) is 6.36. The van der Waals surface area contributed by atoms with Gasteiger partial charge in [0.1, 0.15) is 0 Å². The molecule has 8 N–H and O–H groups in total. The van der Waals surface area contributed by atoms with Crippen LogP contribution >= 0.6 is 0 Å². The van der Waals surface area contributed by atoms with E-state index in [-0.39, 0.29) is 21.8 Å². The molecule has 0 aliphatic carbocycles. The van der Waals surface area contributed by atoms with Crippen LogP contribution in [0.5, 0.6) is 0 Å². The predicted molar refractivity (Wildman–Crippen MR) is 84.5 cm³/mol. The number of carbonyl (C=O) groups excluding carboxylic acids is 1. The van der Waals surface area contributed by atoms with Crippen LogP contribution in [0.25, 0.3) is 0 Å². The second-order valence-electron chi connectivity index (χ2n) is 4.52. The van der Waals surface area contributed by atoms with E-state index in [1.807, 2.05) is 0 Å². The molecule has 0 radical (unpaired) electrons. The molecular weight excluding hydrogens is 383 g/mol. The zero-order chi connectivity index (χ0) is 20.3. The number of hydroxylamine groups is 1. The summed E-state index contributed by atoms with van der Waals surface area (Å²) in [6.45, 7) is 0. The van der Waals surface area contributed by atoms with Crippen LogP contribution in [-0.2, 0) is 19.7 Å². The number of aliphatic imine (C=N–C) groups is 2. The molecule has 1 aromatic rings. The highest BCUT2D eigenvalue weighted by molar-refractivity contribution is 7.89. The van der Waals surface area contributed by atoms with E-state index in [4.69, 9.17) is 22.9 Å². The van der Waals surface area contributed by atoms with Crippen molar-refractivity contribution < 1.29 is 31.2 Å². The number of benzene rings is 1. The molecule has 0 aliphatic rings. The van der Waals surface area contributed by atoms with Crippen molar-refractivity contribution in [2.24, 2.45) is 32.9 Å². The van der Waals surface area contributed by atoms with Gasteiger partial charge in [-0.05, 0) is 22.7 Å². The van der Waals surface area contributed by atoms with E-state index in [9.17, 15) is 26.4 Å². The maximum atomic E-state index is 12.3. The third-order valence-electron chi connectivity index (χ3n) is 2.53. The van der Waals surface area contributed by atoms with E-state index in [1.54, 1.807) is 0 Å². The molecule has 0 aliphatic heterocycles. The number of nitrogens with zero attached hydrogens (tertiary/aromatic N) is 3. The van der Waals surface area contributed by atoms with Crippen LogP contribution in [0.4, 0.5) is 24.5 Å². The number of nitrogens with two attached hydrogens (primary N) is 4. The number of hydrogen-bond acceptors (Lipinski definition) is 6. The standard InChI is InChI=1S/C11H14F3N7O4S/c1-21(25-8(22)11(12,13)14)26(23,24)5-2-3-6(19-9(15)16)7(4-5)20-10(17)18/h2-4H,1H3,(H4,15,16,19)(H4,17,18,20). The summed E-state index contributed by atoms with van der Waals surface area (Å²) < 4.78 is 60.9. The molecule has 0 atom stereocenters. The van der Waals surface area contributed by atoms with Crippen LogP contribution in [0.3, 0.4) is 0 Å². The van der Waals surface area contributed by atoms with E-state index in [1.165, 1.54) is 0 Å². The number of guanidine groups is 2. The highest BCUT2D eigenvalue weighted by atomic mass is 32.2. The second kappa shape index (κ2) is 7.44. The maximum absolute atomic E-state index is 12.3. The Kier molecular flexibility index (Phi) is 6.00. The molecule has 1 rings (SSSR count). The second-order valence-corrected chi connectivity index (χ2v) is 6.45. The predicted octanol–water partition coefficient (Wildman–Crippen LogP) is -0.863. The van der Waals surface area contributed by atoms with Gasteiger partial charge in [0.05, 0.1) is 16.3 Å². The highest BCUT2D eigenvalue weighted by Gasteiger charge is 2.43. The van der Waals surface area contributed by atoms with Gasteiger partial charge in [-0.25, -0.2) is 23.2 Å². The first-order chi connectivity index (χ1) is 11.7. The summed E-state index contributed by atoms with van der Waals surface area (Å²) in [4.78, 5) is 21.3. The van der Waals surface area contributed by atoms with Crippen molar-refractivity contribution in [3.63, 3.8) is 0 Å². The Labute approximate surface area is 145 Å². The van der Waals surface area contributed by atoms with Crippen LogP contribution in [0, 0.1) is 0 Å². The van der Waals surface area contributed by atoms with Crippen molar-refractivity contribution in [2.75, 3.05) is 7.05 Å². The molecule has 0 fully saturated rings. The molecule has 26 heavy (non-hydrogen) atoms. The van der Waals surface area contributed by atoms with E-state index in [0.29, 0.717) is 7.05 Å². The topological polar surface area (TPSA) is 192 Å². The van der Waals surface area contributed by atoms with Crippen LogP contribution in [-0.4, -0.2) is 44.0 Å². The monoisotopic (exact) mass is 397 g/mol. The van der Waals surface area contributed by atoms with Crippen LogP contribution in [0.2, 0.25) is 0 Å². The summed E-state index contributed by atoms with van der Waals surface area (Å²) in [5, 5.41) is 0. The molecular formula is C11H14F3N7O4S. The molecule has 0 spiro atoms. The highest BCUT2D eigenvalue weighted by Crippen LogP contribution is 2.31. The zero-order valence-electron chi connectivity index (χ0n) is 13.1. The fourth-order valence-electron chi connectivity index (χ4n) is 1.49. The summed E-state index contributed by atoms with van der Waals surface area (Å²) in [6.07, 6.45) is -5.38. The molecule has 0 saturated carbocycles. The smallest absolute Gasteiger partial charge is 0.370 e. The molecule has 0 unspecified atom stereocenters. The largest absolute Gasteiger partial charge is 0.492 e. The summed E-state index contributed by atoms with van der Waals surface area (Å²) in [5.74, 6) is -3.57. The summed E-state index contributed by atoms with van der Waals surface area (Å²) in [6, 6.07) is 2.91. The number of alkyl halides is 3. The SMILES string of the molecule is CN(OC(=O)C(F)(F)F)S(=O)(=O)c1ccc(N=C(N)N)c(N=C(N)N)c1. The summed E-state index contributed by atoms with van der Waals surface area (Å²) in [7, 11) is -4.07. The van der Waals surface area contributed by atoms with Crippen molar-refractivity contribution >= 4 is 39.3 Å². The molecule has 0 amide bonds. The van der Waals surface area contributed by atoms with Gasteiger partial charge in [-0.15, -0.1) is 0 Å². The van der Waals surface area contributed by atoms with Gasteiger partial charge >= 0.3 is 12.1 Å². The molecule has 0 bridgehead atoms. The molecule has 1 aromatic carbocycles. The number of halogens is 3. The normalized spacial score (nSPS) is 11.7. The van der Waals surface area contributed by atoms with E-state index < -0.39 is 33.0 Å². The zero-order valence-corrected chi connectivity index (χ0v) is 13.9. The van der Waals surface area contributed by atoms with Gasteiger partial charge in [0, 0.05) is 7.05 Å². The van der Waals surface area contributed by atoms with E-state index >= 15 is 0 Å². The average Bonchev–Trinajstić information content (AvgIpc) is 2.46. The van der Waals surface area contributed by atoms with Gasteiger partial charge in [0.15, 0.2) is 11.9 Å². The Morgan fingerprint density at radius 1 is 1.08 bits per heavy atom. The van der Waals surface area contributed by atoms with Gasteiger partial charge < -0.3 is 27.8 Å². The quantitative estimate of drug-likeness (QED) is 0.280. The minimum Gasteiger partial charge on any atom is -0.370 e.